The third kappa shape index (κ3) is 1.67. The minimum atomic E-state index is -1.08. The van der Waals surface area contributed by atoms with Gasteiger partial charge in [-0.25, -0.2) is 4.79 Å². The van der Waals surface area contributed by atoms with Crippen LogP contribution in [-0.4, -0.2) is 33.2 Å². The van der Waals surface area contributed by atoms with Crippen molar-refractivity contribution >= 4 is 11.7 Å². The summed E-state index contributed by atoms with van der Waals surface area (Å²) in [5.74, 6) is 0. The van der Waals surface area contributed by atoms with E-state index in [1.165, 1.54) is 4.90 Å². The molecule has 1 atom stereocenters. The second kappa shape index (κ2) is 3.72. The molecule has 1 unspecified atom stereocenters. The zero-order chi connectivity index (χ0) is 12.8. The highest BCUT2D eigenvalue weighted by molar-refractivity contribution is 5.94. The van der Waals surface area contributed by atoms with Crippen LogP contribution in [0, 0.1) is 6.92 Å². The molecule has 0 spiro atoms. The normalized spacial score (nSPS) is 23.4. The fraction of sp³-hybridized carbons (Fsp3) is 0.417. The van der Waals surface area contributed by atoms with Crippen LogP contribution in [0.2, 0.25) is 0 Å². The van der Waals surface area contributed by atoms with E-state index in [9.17, 15) is 15.1 Å². The van der Waals surface area contributed by atoms with Crippen molar-refractivity contribution in [2.75, 3.05) is 4.90 Å². The van der Waals surface area contributed by atoms with Gasteiger partial charge in [-0.3, -0.25) is 10.1 Å². The minimum absolute atomic E-state index is 0.567. The Morgan fingerprint density at radius 1 is 1.24 bits per heavy atom. The molecule has 92 valence electrons. The van der Waals surface area contributed by atoms with Crippen molar-refractivity contribution < 1.29 is 15.1 Å². The van der Waals surface area contributed by atoms with Crippen molar-refractivity contribution in [1.82, 2.24) is 5.06 Å². The molecule has 1 heterocycles. The third-order valence-electron chi connectivity index (χ3n) is 3.12. The molecule has 17 heavy (non-hydrogen) atoms. The van der Waals surface area contributed by atoms with E-state index in [-0.39, 0.29) is 0 Å². The first-order valence-electron chi connectivity index (χ1n) is 5.42. The number of amides is 2. The number of nitrogens with zero attached hydrogens (tertiary/aromatic N) is 2. The van der Waals surface area contributed by atoms with E-state index in [1.807, 2.05) is 19.1 Å². The largest absolute Gasteiger partial charge is 0.371 e. The van der Waals surface area contributed by atoms with E-state index in [0.29, 0.717) is 10.8 Å². The van der Waals surface area contributed by atoms with Crippen molar-refractivity contribution in [3.63, 3.8) is 0 Å². The molecule has 0 saturated carbocycles. The quantitative estimate of drug-likeness (QED) is 0.730. The lowest BCUT2D eigenvalue weighted by atomic mass is 10.0. The molecule has 2 amide bonds. The average molecular weight is 236 g/mol. The van der Waals surface area contributed by atoms with Gasteiger partial charge in [0.1, 0.15) is 5.54 Å². The fourth-order valence-electron chi connectivity index (χ4n) is 1.84. The number of urea groups is 1. The molecule has 1 aliphatic heterocycles. The second-order valence-corrected chi connectivity index (χ2v) is 4.83. The number of anilines is 1. The van der Waals surface area contributed by atoms with Gasteiger partial charge in [-0.15, -0.1) is 0 Å². The smallest absolute Gasteiger partial charge is 0.351 e. The molecule has 2 N–H and O–H groups in total. The Hall–Kier alpha value is -1.59. The Kier molecular flexibility index (Phi) is 2.60. The maximum atomic E-state index is 11.9. The topological polar surface area (TPSA) is 64.0 Å². The summed E-state index contributed by atoms with van der Waals surface area (Å²) in [6.45, 7) is 5.14. The predicted molar refractivity (Wildman–Crippen MR) is 62.8 cm³/mol. The van der Waals surface area contributed by atoms with Crippen LogP contribution < -0.4 is 4.90 Å². The van der Waals surface area contributed by atoms with Crippen LogP contribution >= 0.6 is 0 Å². The van der Waals surface area contributed by atoms with Crippen molar-refractivity contribution in [3.05, 3.63) is 29.8 Å². The monoisotopic (exact) mass is 236 g/mol. The number of hydroxylamine groups is 2. The van der Waals surface area contributed by atoms with Gasteiger partial charge in [0.25, 0.3) is 0 Å². The molecule has 0 radical (unpaired) electrons. The third-order valence-corrected chi connectivity index (χ3v) is 3.12. The molecule has 2 rings (SSSR count). The summed E-state index contributed by atoms with van der Waals surface area (Å²) in [4.78, 5) is 13.0. The van der Waals surface area contributed by atoms with E-state index < -0.39 is 17.8 Å². The van der Waals surface area contributed by atoms with E-state index in [0.717, 1.165) is 5.56 Å². The molecule has 1 aromatic carbocycles. The number of aryl methyl sites for hydroxylation is 1. The lowest BCUT2D eigenvalue weighted by Gasteiger charge is -2.27. The highest BCUT2D eigenvalue weighted by atomic mass is 16.5. The Labute approximate surface area is 99.8 Å². The van der Waals surface area contributed by atoms with E-state index in [4.69, 9.17) is 0 Å². The number of rotatable bonds is 1. The van der Waals surface area contributed by atoms with Crippen molar-refractivity contribution in [2.45, 2.75) is 32.5 Å². The number of carbonyl (C=O) groups is 1. The van der Waals surface area contributed by atoms with Crippen LogP contribution in [0.15, 0.2) is 24.3 Å². The van der Waals surface area contributed by atoms with Gasteiger partial charge in [0.15, 0.2) is 6.23 Å². The first-order chi connectivity index (χ1) is 7.85. The number of aliphatic hydroxyl groups is 1. The van der Waals surface area contributed by atoms with Crippen LogP contribution in [0.4, 0.5) is 10.5 Å². The number of aliphatic hydroxyl groups excluding tert-OH is 1. The number of hydrogen-bond donors (Lipinski definition) is 2. The van der Waals surface area contributed by atoms with Crippen LogP contribution in [0.25, 0.3) is 0 Å². The zero-order valence-corrected chi connectivity index (χ0v) is 10.1. The first-order valence-corrected chi connectivity index (χ1v) is 5.42. The van der Waals surface area contributed by atoms with E-state index in [2.05, 4.69) is 0 Å². The Bertz CT molecular complexity index is 442. The second-order valence-electron chi connectivity index (χ2n) is 4.83. The van der Waals surface area contributed by atoms with Crippen LogP contribution in [0.5, 0.6) is 0 Å². The van der Waals surface area contributed by atoms with E-state index >= 15 is 0 Å². The molecule has 0 bridgehead atoms. The van der Waals surface area contributed by atoms with Crippen LogP contribution in [-0.2, 0) is 0 Å². The summed E-state index contributed by atoms with van der Waals surface area (Å²) >= 11 is 0. The van der Waals surface area contributed by atoms with Gasteiger partial charge >= 0.3 is 6.03 Å². The number of benzene rings is 1. The van der Waals surface area contributed by atoms with Gasteiger partial charge in [-0.1, -0.05) is 17.7 Å². The molecular weight excluding hydrogens is 220 g/mol. The Morgan fingerprint density at radius 2 is 1.76 bits per heavy atom. The zero-order valence-electron chi connectivity index (χ0n) is 10.1. The fourth-order valence-corrected chi connectivity index (χ4v) is 1.84. The summed E-state index contributed by atoms with van der Waals surface area (Å²) in [5.41, 5.74) is 0.606. The van der Waals surface area contributed by atoms with Crippen molar-refractivity contribution in [1.29, 1.82) is 0 Å². The average Bonchev–Trinajstić information content (AvgIpc) is 2.43. The Morgan fingerprint density at radius 3 is 2.18 bits per heavy atom. The van der Waals surface area contributed by atoms with Gasteiger partial charge in [0, 0.05) is 5.69 Å². The van der Waals surface area contributed by atoms with Crippen molar-refractivity contribution in [2.24, 2.45) is 0 Å². The van der Waals surface area contributed by atoms with Crippen LogP contribution in [0.1, 0.15) is 19.4 Å². The van der Waals surface area contributed by atoms with Gasteiger partial charge in [0.05, 0.1) is 0 Å². The van der Waals surface area contributed by atoms with Gasteiger partial charge in [-0.2, -0.15) is 5.06 Å². The SMILES string of the molecule is Cc1ccc(N2C(=O)N(O)C(C)(C)C2O)cc1. The summed E-state index contributed by atoms with van der Waals surface area (Å²) in [5, 5.41) is 20.3. The highest BCUT2D eigenvalue weighted by Gasteiger charge is 2.51. The van der Waals surface area contributed by atoms with Gasteiger partial charge in [-0.05, 0) is 32.9 Å². The molecule has 1 aromatic rings. The summed E-state index contributed by atoms with van der Waals surface area (Å²) in [6.07, 6.45) is -1.08. The molecular formula is C12H16N2O3. The lowest BCUT2D eigenvalue weighted by molar-refractivity contribution is -0.121. The summed E-state index contributed by atoms with van der Waals surface area (Å²) < 4.78 is 0. The highest BCUT2D eigenvalue weighted by Crippen LogP contribution is 2.33. The first kappa shape index (κ1) is 11.9. The molecule has 0 aromatic heterocycles. The molecule has 1 saturated heterocycles. The minimum Gasteiger partial charge on any atom is -0.371 e. The molecule has 5 heteroatoms. The van der Waals surface area contributed by atoms with Gasteiger partial charge in [0.2, 0.25) is 0 Å². The maximum absolute atomic E-state index is 11.9. The molecule has 0 aliphatic carbocycles. The predicted octanol–water partition coefficient (Wildman–Crippen LogP) is 1.72. The number of carbonyl (C=O) groups excluding carboxylic acids is 1. The van der Waals surface area contributed by atoms with E-state index in [1.54, 1.807) is 26.0 Å². The lowest BCUT2D eigenvalue weighted by Crippen LogP contribution is -2.45. The number of hydrogen-bond acceptors (Lipinski definition) is 3. The van der Waals surface area contributed by atoms with Crippen molar-refractivity contribution in [3.8, 4) is 0 Å². The molecule has 1 fully saturated rings. The standard InChI is InChI=1S/C12H16N2O3/c1-8-4-6-9(7-5-8)13-10(15)12(2,3)14(17)11(13)16/h4-7,10,15,17H,1-3H3. The van der Waals surface area contributed by atoms with Gasteiger partial charge < -0.3 is 5.11 Å². The maximum Gasteiger partial charge on any atom is 0.351 e. The Balaban J connectivity index is 2.40. The summed E-state index contributed by atoms with van der Waals surface area (Å²) in [7, 11) is 0. The van der Waals surface area contributed by atoms with Crippen LogP contribution in [0.3, 0.4) is 0 Å². The molecule has 5 nitrogen and oxygen atoms in total. The molecule has 1 aliphatic rings. The summed E-state index contributed by atoms with van der Waals surface area (Å²) in [6, 6.07) is 6.56.